The van der Waals surface area contributed by atoms with Gasteiger partial charge in [0.05, 0.1) is 0 Å². The minimum atomic E-state index is -0.164. The summed E-state index contributed by atoms with van der Waals surface area (Å²) in [5.74, 6) is 0.825. The average Bonchev–Trinajstić information content (AvgIpc) is 2.47. The number of carbonyl (C=O) groups excluding carboxylic acids is 3. The predicted octanol–water partition coefficient (Wildman–Crippen LogP) is 4.54. The quantitative estimate of drug-likeness (QED) is 0.586. The number of hydrogen-bond acceptors (Lipinski definition) is 3. The lowest BCUT2D eigenvalue weighted by atomic mass is 9.63. The Kier molecular flexibility index (Phi) is 6.91. The minimum absolute atomic E-state index is 0.0187. The van der Waals surface area contributed by atoms with Crippen LogP contribution in [0.15, 0.2) is 11.6 Å². The summed E-state index contributed by atoms with van der Waals surface area (Å²) in [5, 5.41) is 0. The molecule has 130 valence electrons. The number of rotatable bonds is 9. The zero-order valence-electron chi connectivity index (χ0n) is 15.4. The fourth-order valence-corrected chi connectivity index (χ4v) is 4.13. The van der Waals surface area contributed by atoms with Crippen LogP contribution in [-0.4, -0.2) is 18.4 Å². The van der Waals surface area contributed by atoms with E-state index in [-0.39, 0.29) is 22.5 Å². The third kappa shape index (κ3) is 5.12. The van der Waals surface area contributed by atoms with E-state index >= 15 is 0 Å². The molecule has 0 saturated heterocycles. The maximum absolute atomic E-state index is 11.7. The van der Waals surface area contributed by atoms with Crippen molar-refractivity contribution in [1.29, 1.82) is 0 Å². The molecule has 3 atom stereocenters. The van der Waals surface area contributed by atoms with Gasteiger partial charge in [0.25, 0.3) is 0 Å². The first-order valence-electron chi connectivity index (χ1n) is 8.77. The van der Waals surface area contributed by atoms with E-state index < -0.39 is 0 Å². The van der Waals surface area contributed by atoms with Crippen LogP contribution in [-0.2, 0) is 14.4 Å². The standard InChI is InChI=1S/C20H32O3/c1-15(2)17(7-12-21)20(5,11-13-22)10-9-19(4)8-6-18(23)16(3)14-19/h12-15,17H,6-11H2,1-5H3/t17-,19-,20+/m1/s1. The summed E-state index contributed by atoms with van der Waals surface area (Å²) in [5.41, 5.74) is 0.720. The van der Waals surface area contributed by atoms with Crippen LogP contribution in [0.2, 0.25) is 0 Å². The van der Waals surface area contributed by atoms with E-state index in [4.69, 9.17) is 0 Å². The van der Waals surface area contributed by atoms with E-state index in [0.717, 1.165) is 37.4 Å². The summed E-state index contributed by atoms with van der Waals surface area (Å²) >= 11 is 0. The van der Waals surface area contributed by atoms with E-state index in [1.807, 2.05) is 6.92 Å². The van der Waals surface area contributed by atoms with Crippen LogP contribution in [0.25, 0.3) is 0 Å². The zero-order chi connectivity index (χ0) is 17.7. The first-order valence-corrected chi connectivity index (χ1v) is 8.77. The molecule has 1 rings (SSSR count). The van der Waals surface area contributed by atoms with Crippen LogP contribution >= 0.6 is 0 Å². The van der Waals surface area contributed by atoms with E-state index in [1.54, 1.807) is 0 Å². The number of allylic oxidation sites excluding steroid dienone is 2. The molecular formula is C20H32O3. The topological polar surface area (TPSA) is 51.2 Å². The fourth-order valence-electron chi connectivity index (χ4n) is 4.13. The summed E-state index contributed by atoms with van der Waals surface area (Å²) in [7, 11) is 0. The first kappa shape index (κ1) is 19.8. The molecule has 3 nitrogen and oxygen atoms in total. The largest absolute Gasteiger partial charge is 0.303 e. The predicted molar refractivity (Wildman–Crippen MR) is 93.1 cm³/mol. The normalized spacial score (nSPS) is 25.7. The van der Waals surface area contributed by atoms with Crippen LogP contribution in [0, 0.1) is 22.7 Å². The zero-order valence-corrected chi connectivity index (χ0v) is 15.4. The van der Waals surface area contributed by atoms with Gasteiger partial charge in [0, 0.05) is 19.3 Å². The van der Waals surface area contributed by atoms with Gasteiger partial charge in [-0.15, -0.1) is 0 Å². The molecule has 0 saturated carbocycles. The average molecular weight is 320 g/mol. The first-order chi connectivity index (χ1) is 10.7. The van der Waals surface area contributed by atoms with Crippen molar-refractivity contribution in [2.75, 3.05) is 0 Å². The van der Waals surface area contributed by atoms with Crippen molar-refractivity contribution >= 4 is 18.4 Å². The number of Topliss-reactive ketones (excluding diaryl/α,β-unsaturated/α-hetero) is 1. The molecule has 0 aromatic heterocycles. The third-order valence-corrected chi connectivity index (χ3v) is 5.79. The Morgan fingerprint density at radius 3 is 2.43 bits per heavy atom. The van der Waals surface area contributed by atoms with Crippen LogP contribution in [0.3, 0.4) is 0 Å². The van der Waals surface area contributed by atoms with Gasteiger partial charge in [-0.3, -0.25) is 4.79 Å². The second kappa shape index (κ2) is 8.03. The molecule has 23 heavy (non-hydrogen) atoms. The van der Waals surface area contributed by atoms with Crippen LogP contribution in [0.1, 0.15) is 73.1 Å². The lowest BCUT2D eigenvalue weighted by molar-refractivity contribution is -0.116. The van der Waals surface area contributed by atoms with E-state index in [1.165, 1.54) is 0 Å². The Morgan fingerprint density at radius 1 is 1.30 bits per heavy atom. The molecule has 3 heteroatoms. The summed E-state index contributed by atoms with van der Waals surface area (Å²) in [6.45, 7) is 10.5. The lowest BCUT2D eigenvalue weighted by Crippen LogP contribution is -2.34. The highest BCUT2D eigenvalue weighted by Crippen LogP contribution is 2.46. The Morgan fingerprint density at radius 2 is 1.96 bits per heavy atom. The molecule has 0 aromatic carbocycles. The highest BCUT2D eigenvalue weighted by molar-refractivity contribution is 5.95. The van der Waals surface area contributed by atoms with Crippen LogP contribution in [0.4, 0.5) is 0 Å². The fraction of sp³-hybridized carbons (Fsp3) is 0.750. The van der Waals surface area contributed by atoms with Gasteiger partial charge in [-0.1, -0.05) is 33.8 Å². The van der Waals surface area contributed by atoms with Gasteiger partial charge in [0.1, 0.15) is 12.6 Å². The molecule has 0 aliphatic heterocycles. The molecular weight excluding hydrogens is 288 g/mol. The van der Waals surface area contributed by atoms with Gasteiger partial charge in [0.2, 0.25) is 0 Å². The highest BCUT2D eigenvalue weighted by Gasteiger charge is 2.38. The Balaban J connectivity index is 2.93. The Hall–Kier alpha value is -1.25. The van der Waals surface area contributed by atoms with Crippen molar-refractivity contribution in [2.45, 2.75) is 73.1 Å². The molecule has 0 amide bonds. The molecule has 1 aliphatic carbocycles. The van der Waals surface area contributed by atoms with Gasteiger partial charge in [-0.05, 0) is 54.4 Å². The second-order valence-corrected chi connectivity index (χ2v) is 8.18. The lowest BCUT2D eigenvalue weighted by Gasteiger charge is -2.41. The minimum Gasteiger partial charge on any atom is -0.303 e. The van der Waals surface area contributed by atoms with Crippen molar-refractivity contribution < 1.29 is 14.4 Å². The van der Waals surface area contributed by atoms with Gasteiger partial charge in [0.15, 0.2) is 5.78 Å². The smallest absolute Gasteiger partial charge is 0.158 e. The van der Waals surface area contributed by atoms with Gasteiger partial charge in [-0.25, -0.2) is 0 Å². The third-order valence-electron chi connectivity index (χ3n) is 5.79. The molecule has 0 bridgehead atoms. The number of ketones is 1. The monoisotopic (exact) mass is 320 g/mol. The van der Waals surface area contributed by atoms with Crippen molar-refractivity contribution in [2.24, 2.45) is 22.7 Å². The van der Waals surface area contributed by atoms with Crippen LogP contribution < -0.4 is 0 Å². The highest BCUT2D eigenvalue weighted by atomic mass is 16.1. The second-order valence-electron chi connectivity index (χ2n) is 8.18. The maximum atomic E-state index is 11.7. The number of aldehydes is 2. The number of hydrogen-bond donors (Lipinski definition) is 0. The van der Waals surface area contributed by atoms with Crippen molar-refractivity contribution in [3.63, 3.8) is 0 Å². The van der Waals surface area contributed by atoms with Gasteiger partial charge >= 0.3 is 0 Å². The summed E-state index contributed by atoms with van der Waals surface area (Å²) in [6.07, 6.45) is 8.43. The maximum Gasteiger partial charge on any atom is 0.158 e. The van der Waals surface area contributed by atoms with Crippen molar-refractivity contribution in [3.05, 3.63) is 11.6 Å². The van der Waals surface area contributed by atoms with E-state index in [2.05, 4.69) is 33.8 Å². The number of carbonyl (C=O) groups is 3. The molecule has 0 unspecified atom stereocenters. The van der Waals surface area contributed by atoms with Crippen molar-refractivity contribution in [1.82, 2.24) is 0 Å². The molecule has 0 heterocycles. The summed E-state index contributed by atoms with van der Waals surface area (Å²) in [6, 6.07) is 0. The molecule has 0 spiro atoms. The molecule has 0 aromatic rings. The Bertz CT molecular complexity index is 477. The van der Waals surface area contributed by atoms with Crippen molar-refractivity contribution in [3.8, 4) is 0 Å². The SMILES string of the molecule is CC1=C[C@@](C)(CC[C@@](C)(CC=O)[C@H](CC=O)C(C)C)CCC1=O. The Labute approximate surface area is 140 Å². The van der Waals surface area contributed by atoms with E-state index in [9.17, 15) is 14.4 Å². The molecule has 0 N–H and O–H groups in total. The summed E-state index contributed by atoms with van der Waals surface area (Å²) < 4.78 is 0. The van der Waals surface area contributed by atoms with Crippen LogP contribution in [0.5, 0.6) is 0 Å². The van der Waals surface area contributed by atoms with E-state index in [0.29, 0.717) is 25.2 Å². The van der Waals surface area contributed by atoms with Gasteiger partial charge in [-0.2, -0.15) is 0 Å². The molecule has 0 radical (unpaired) electrons. The molecule has 0 fully saturated rings. The molecule has 1 aliphatic rings. The van der Waals surface area contributed by atoms with Gasteiger partial charge < -0.3 is 9.59 Å². The summed E-state index contributed by atoms with van der Waals surface area (Å²) in [4.78, 5) is 34.0.